The number of anilines is 1. The molecular formula is C17H23N5O2. The highest BCUT2D eigenvalue weighted by Gasteiger charge is 2.29. The molecular weight excluding hydrogens is 306 g/mol. The third kappa shape index (κ3) is 3.06. The Kier molecular flexibility index (Phi) is 4.42. The van der Waals surface area contributed by atoms with Crippen LogP contribution in [-0.2, 0) is 9.63 Å². The number of nitrogens with zero attached hydrogens (tertiary/aromatic N) is 3. The highest BCUT2D eigenvalue weighted by molar-refractivity contribution is 6.09. The van der Waals surface area contributed by atoms with Gasteiger partial charge in [0, 0.05) is 50.4 Å². The number of primary amides is 1. The number of nitrogens with one attached hydrogen (secondary N) is 1. The van der Waals surface area contributed by atoms with Gasteiger partial charge in [-0.1, -0.05) is 17.3 Å². The second kappa shape index (κ2) is 6.51. The molecule has 1 aromatic carbocycles. The SMILES string of the molecule is CN(C)C(=N)c1ccc(C2=NOC(C(N)=O)C2)c(N2CCCC2)c1. The van der Waals surface area contributed by atoms with Crippen molar-refractivity contribution in [2.24, 2.45) is 10.9 Å². The van der Waals surface area contributed by atoms with Crippen LogP contribution in [-0.4, -0.2) is 55.6 Å². The number of benzene rings is 1. The third-order valence-corrected chi connectivity index (χ3v) is 4.46. The van der Waals surface area contributed by atoms with Gasteiger partial charge < -0.3 is 20.4 Å². The summed E-state index contributed by atoms with van der Waals surface area (Å²) in [5, 5.41) is 12.3. The van der Waals surface area contributed by atoms with E-state index < -0.39 is 12.0 Å². The average Bonchev–Trinajstić information content (AvgIpc) is 3.25. The Morgan fingerprint density at radius 3 is 2.67 bits per heavy atom. The minimum Gasteiger partial charge on any atom is -0.382 e. The van der Waals surface area contributed by atoms with Gasteiger partial charge in [-0.3, -0.25) is 10.2 Å². The van der Waals surface area contributed by atoms with Crippen LogP contribution in [0.4, 0.5) is 5.69 Å². The van der Waals surface area contributed by atoms with Gasteiger partial charge in [0.1, 0.15) is 5.84 Å². The molecule has 0 saturated carbocycles. The average molecular weight is 329 g/mol. The number of nitrogens with two attached hydrogens (primary N) is 1. The van der Waals surface area contributed by atoms with Crippen LogP contribution in [0.3, 0.4) is 0 Å². The highest BCUT2D eigenvalue weighted by atomic mass is 16.6. The van der Waals surface area contributed by atoms with Crippen LogP contribution in [0.5, 0.6) is 0 Å². The zero-order valence-electron chi connectivity index (χ0n) is 14.1. The monoisotopic (exact) mass is 329 g/mol. The van der Waals surface area contributed by atoms with Gasteiger partial charge >= 0.3 is 0 Å². The molecule has 7 nitrogen and oxygen atoms in total. The Balaban J connectivity index is 1.96. The number of oxime groups is 1. The van der Waals surface area contributed by atoms with Crippen LogP contribution in [0, 0.1) is 5.41 Å². The number of amides is 1. The molecule has 24 heavy (non-hydrogen) atoms. The van der Waals surface area contributed by atoms with Crippen molar-refractivity contribution < 1.29 is 9.63 Å². The molecule has 3 N–H and O–H groups in total. The fourth-order valence-electron chi connectivity index (χ4n) is 3.09. The maximum Gasteiger partial charge on any atom is 0.261 e. The molecule has 3 rings (SSSR count). The second-order valence-electron chi connectivity index (χ2n) is 6.41. The number of hydrogen-bond acceptors (Lipinski definition) is 5. The summed E-state index contributed by atoms with van der Waals surface area (Å²) in [4.78, 5) is 20.6. The van der Waals surface area contributed by atoms with Gasteiger partial charge in [0.15, 0.2) is 0 Å². The molecule has 2 heterocycles. The summed E-state index contributed by atoms with van der Waals surface area (Å²) in [6.07, 6.45) is 2.01. The topological polar surface area (TPSA) is 95.0 Å². The number of carbonyl (C=O) groups is 1. The summed E-state index contributed by atoms with van der Waals surface area (Å²) < 4.78 is 0. The summed E-state index contributed by atoms with van der Waals surface area (Å²) in [7, 11) is 3.72. The smallest absolute Gasteiger partial charge is 0.261 e. The van der Waals surface area contributed by atoms with E-state index in [-0.39, 0.29) is 0 Å². The standard InChI is InChI=1S/C17H23N5O2/c1-21(2)16(18)11-5-6-12(13-10-15(17(19)23)24-20-13)14(9-11)22-7-3-4-8-22/h5-6,9,15,18H,3-4,7-8,10H2,1-2H3,(H2,19,23). The molecule has 0 bridgehead atoms. The van der Waals surface area contributed by atoms with Gasteiger partial charge in [0.05, 0.1) is 5.71 Å². The molecule has 0 spiro atoms. The van der Waals surface area contributed by atoms with E-state index in [2.05, 4.69) is 10.1 Å². The fourth-order valence-corrected chi connectivity index (χ4v) is 3.09. The van der Waals surface area contributed by atoms with Crippen molar-refractivity contribution in [1.29, 1.82) is 5.41 Å². The summed E-state index contributed by atoms with van der Waals surface area (Å²) in [6.45, 7) is 1.97. The van der Waals surface area contributed by atoms with E-state index in [1.807, 2.05) is 32.3 Å². The van der Waals surface area contributed by atoms with Crippen LogP contribution in [0.15, 0.2) is 23.4 Å². The largest absolute Gasteiger partial charge is 0.382 e. The molecule has 1 unspecified atom stereocenters. The van der Waals surface area contributed by atoms with Crippen molar-refractivity contribution in [3.63, 3.8) is 0 Å². The van der Waals surface area contributed by atoms with Crippen LogP contribution in [0.2, 0.25) is 0 Å². The fraction of sp³-hybridized carbons (Fsp3) is 0.471. The molecule has 1 saturated heterocycles. The molecule has 2 aliphatic heterocycles. The minimum absolute atomic E-state index is 0.390. The Labute approximate surface area is 141 Å². The van der Waals surface area contributed by atoms with Gasteiger partial charge in [-0.25, -0.2) is 0 Å². The van der Waals surface area contributed by atoms with Crippen molar-refractivity contribution >= 4 is 23.1 Å². The zero-order valence-corrected chi connectivity index (χ0v) is 14.1. The molecule has 0 aliphatic carbocycles. The van der Waals surface area contributed by atoms with Crippen LogP contribution in [0.25, 0.3) is 0 Å². The van der Waals surface area contributed by atoms with Gasteiger partial charge in [-0.15, -0.1) is 0 Å². The third-order valence-electron chi connectivity index (χ3n) is 4.46. The Bertz CT molecular complexity index is 692. The maximum atomic E-state index is 11.3. The first kappa shape index (κ1) is 16.3. The normalized spacial score (nSPS) is 19.8. The van der Waals surface area contributed by atoms with E-state index in [0.29, 0.717) is 12.3 Å². The molecule has 1 atom stereocenters. The van der Waals surface area contributed by atoms with Crippen molar-refractivity contribution in [1.82, 2.24) is 4.90 Å². The Morgan fingerprint density at radius 1 is 1.38 bits per heavy atom. The van der Waals surface area contributed by atoms with Crippen LogP contribution in [0.1, 0.15) is 30.4 Å². The first-order chi connectivity index (χ1) is 11.5. The lowest BCUT2D eigenvalue weighted by Gasteiger charge is -2.23. The highest BCUT2D eigenvalue weighted by Crippen LogP contribution is 2.30. The Hall–Kier alpha value is -2.57. The lowest BCUT2D eigenvalue weighted by molar-refractivity contribution is -0.127. The van der Waals surface area contributed by atoms with E-state index in [1.165, 1.54) is 0 Å². The summed E-state index contributed by atoms with van der Waals surface area (Å²) in [5.41, 5.74) is 8.91. The molecule has 1 fully saturated rings. The van der Waals surface area contributed by atoms with Gasteiger partial charge in [0.2, 0.25) is 6.10 Å². The van der Waals surface area contributed by atoms with Crippen molar-refractivity contribution in [3.05, 3.63) is 29.3 Å². The molecule has 0 radical (unpaired) electrons. The number of carbonyl (C=O) groups excluding carboxylic acids is 1. The van der Waals surface area contributed by atoms with Gasteiger partial charge in [0.25, 0.3) is 5.91 Å². The van der Waals surface area contributed by atoms with Gasteiger partial charge in [-0.2, -0.15) is 0 Å². The van der Waals surface area contributed by atoms with Crippen molar-refractivity contribution in [2.75, 3.05) is 32.1 Å². The number of amidine groups is 1. The molecule has 128 valence electrons. The molecule has 7 heteroatoms. The molecule has 1 aromatic rings. The predicted octanol–water partition coefficient (Wildman–Crippen LogP) is 1.15. The molecule has 0 aromatic heterocycles. The zero-order chi connectivity index (χ0) is 17.3. The lowest BCUT2D eigenvalue weighted by Crippen LogP contribution is -2.29. The second-order valence-corrected chi connectivity index (χ2v) is 6.41. The molecule has 2 aliphatic rings. The quantitative estimate of drug-likeness (QED) is 0.640. The number of rotatable bonds is 4. The van der Waals surface area contributed by atoms with E-state index in [0.717, 1.165) is 48.5 Å². The van der Waals surface area contributed by atoms with Crippen LogP contribution >= 0.6 is 0 Å². The van der Waals surface area contributed by atoms with Crippen molar-refractivity contribution in [2.45, 2.75) is 25.4 Å². The number of hydrogen-bond donors (Lipinski definition) is 2. The maximum absolute atomic E-state index is 11.3. The lowest BCUT2D eigenvalue weighted by atomic mass is 9.99. The van der Waals surface area contributed by atoms with E-state index >= 15 is 0 Å². The van der Waals surface area contributed by atoms with E-state index in [4.69, 9.17) is 16.0 Å². The summed E-state index contributed by atoms with van der Waals surface area (Å²) in [6, 6.07) is 5.91. The van der Waals surface area contributed by atoms with E-state index in [1.54, 1.807) is 4.90 Å². The first-order valence-electron chi connectivity index (χ1n) is 8.15. The summed E-state index contributed by atoms with van der Waals surface area (Å²) >= 11 is 0. The van der Waals surface area contributed by atoms with Crippen molar-refractivity contribution in [3.8, 4) is 0 Å². The minimum atomic E-state index is -0.689. The molecule has 1 amide bonds. The Morgan fingerprint density at radius 2 is 2.08 bits per heavy atom. The van der Waals surface area contributed by atoms with Crippen LogP contribution < -0.4 is 10.6 Å². The van der Waals surface area contributed by atoms with Gasteiger partial charge in [-0.05, 0) is 18.9 Å². The van der Waals surface area contributed by atoms with E-state index in [9.17, 15) is 4.79 Å². The predicted molar refractivity (Wildman–Crippen MR) is 93.6 cm³/mol. The summed E-state index contributed by atoms with van der Waals surface area (Å²) in [5.74, 6) is -0.0379. The first-order valence-corrected chi connectivity index (χ1v) is 8.15.